The molecule has 5 heteroatoms. The summed E-state index contributed by atoms with van der Waals surface area (Å²) >= 11 is 0. The van der Waals surface area contributed by atoms with E-state index in [1.54, 1.807) is 18.2 Å². The molecule has 2 aromatic rings. The molecular weight excluding hydrogens is 271 g/mol. The van der Waals surface area contributed by atoms with Crippen molar-refractivity contribution in [2.24, 2.45) is 0 Å². The summed E-state index contributed by atoms with van der Waals surface area (Å²) in [7, 11) is 0. The van der Waals surface area contributed by atoms with Gasteiger partial charge in [0, 0.05) is 17.4 Å². The van der Waals surface area contributed by atoms with E-state index in [0.717, 1.165) is 11.8 Å². The van der Waals surface area contributed by atoms with Crippen molar-refractivity contribution in [1.82, 2.24) is 4.98 Å². The predicted octanol–water partition coefficient (Wildman–Crippen LogP) is 2.13. The summed E-state index contributed by atoms with van der Waals surface area (Å²) in [5.41, 5.74) is 2.04. The SMILES string of the molecule is Cc1ccc(NC(=O)c2ccncc2F)cc1C#CCO. The molecule has 0 aliphatic heterocycles. The fraction of sp³-hybridized carbons (Fsp3) is 0.125. The van der Waals surface area contributed by atoms with Crippen molar-refractivity contribution in [3.8, 4) is 11.8 Å². The molecule has 4 nitrogen and oxygen atoms in total. The lowest BCUT2D eigenvalue weighted by molar-refractivity contribution is 0.102. The smallest absolute Gasteiger partial charge is 0.258 e. The number of halogens is 1. The highest BCUT2D eigenvalue weighted by Crippen LogP contribution is 2.16. The van der Waals surface area contributed by atoms with E-state index in [0.29, 0.717) is 11.3 Å². The van der Waals surface area contributed by atoms with Gasteiger partial charge in [-0.3, -0.25) is 9.78 Å². The quantitative estimate of drug-likeness (QED) is 0.830. The zero-order chi connectivity index (χ0) is 15.2. The van der Waals surface area contributed by atoms with E-state index in [4.69, 9.17) is 5.11 Å². The number of aliphatic hydroxyl groups is 1. The average Bonchev–Trinajstić information content (AvgIpc) is 2.48. The van der Waals surface area contributed by atoms with E-state index < -0.39 is 11.7 Å². The Hall–Kier alpha value is -2.71. The number of aliphatic hydroxyl groups excluding tert-OH is 1. The fourth-order valence-corrected chi connectivity index (χ4v) is 1.73. The third kappa shape index (κ3) is 3.65. The van der Waals surface area contributed by atoms with Crippen molar-refractivity contribution in [2.45, 2.75) is 6.92 Å². The molecule has 0 bridgehead atoms. The summed E-state index contributed by atoms with van der Waals surface area (Å²) in [6, 6.07) is 6.48. The van der Waals surface area contributed by atoms with Gasteiger partial charge in [0.1, 0.15) is 6.61 Å². The number of carbonyl (C=O) groups is 1. The van der Waals surface area contributed by atoms with Crippen LogP contribution in [0.25, 0.3) is 0 Å². The Bertz CT molecular complexity index is 733. The summed E-state index contributed by atoms with van der Waals surface area (Å²) in [5, 5.41) is 11.3. The van der Waals surface area contributed by atoms with Gasteiger partial charge in [0.2, 0.25) is 0 Å². The molecule has 2 N–H and O–H groups in total. The van der Waals surface area contributed by atoms with Crippen LogP contribution >= 0.6 is 0 Å². The number of anilines is 1. The maximum absolute atomic E-state index is 13.5. The van der Waals surface area contributed by atoms with Crippen LogP contribution < -0.4 is 5.32 Å². The van der Waals surface area contributed by atoms with Crippen LogP contribution in [0.3, 0.4) is 0 Å². The number of rotatable bonds is 2. The second-order valence-corrected chi connectivity index (χ2v) is 4.30. The molecule has 1 heterocycles. The Labute approximate surface area is 121 Å². The molecule has 0 aliphatic carbocycles. The maximum atomic E-state index is 13.5. The van der Waals surface area contributed by atoms with Crippen LogP contribution in [0.2, 0.25) is 0 Å². The van der Waals surface area contributed by atoms with Crippen molar-refractivity contribution in [3.63, 3.8) is 0 Å². The van der Waals surface area contributed by atoms with Gasteiger partial charge in [0.05, 0.1) is 11.8 Å². The predicted molar refractivity (Wildman–Crippen MR) is 77.3 cm³/mol. The molecule has 0 spiro atoms. The number of hydrogen-bond acceptors (Lipinski definition) is 3. The highest BCUT2D eigenvalue weighted by Gasteiger charge is 2.11. The monoisotopic (exact) mass is 284 g/mol. The molecule has 0 unspecified atom stereocenters. The number of hydrogen-bond donors (Lipinski definition) is 2. The minimum atomic E-state index is -0.678. The molecule has 0 fully saturated rings. The van der Waals surface area contributed by atoms with Crippen LogP contribution in [-0.2, 0) is 0 Å². The van der Waals surface area contributed by atoms with Gasteiger partial charge in [-0.05, 0) is 30.7 Å². The number of carbonyl (C=O) groups excluding carboxylic acids is 1. The largest absolute Gasteiger partial charge is 0.384 e. The molecule has 106 valence electrons. The number of nitrogens with one attached hydrogen (secondary N) is 1. The number of aromatic nitrogens is 1. The van der Waals surface area contributed by atoms with Crippen LogP contribution in [0.1, 0.15) is 21.5 Å². The zero-order valence-electron chi connectivity index (χ0n) is 11.4. The second kappa shape index (κ2) is 6.64. The molecule has 0 aliphatic rings. The minimum absolute atomic E-state index is 0.0754. The van der Waals surface area contributed by atoms with Crippen LogP contribution in [0.15, 0.2) is 36.7 Å². The number of aryl methyl sites for hydroxylation is 1. The Balaban J connectivity index is 2.24. The molecule has 1 aromatic carbocycles. The highest BCUT2D eigenvalue weighted by molar-refractivity contribution is 6.04. The summed E-state index contributed by atoms with van der Waals surface area (Å²) in [6.45, 7) is 1.63. The first-order valence-corrected chi connectivity index (χ1v) is 6.23. The molecule has 0 saturated heterocycles. The Morgan fingerprint density at radius 3 is 2.95 bits per heavy atom. The van der Waals surface area contributed by atoms with Gasteiger partial charge < -0.3 is 10.4 Å². The van der Waals surface area contributed by atoms with Gasteiger partial charge in [-0.1, -0.05) is 17.9 Å². The van der Waals surface area contributed by atoms with Gasteiger partial charge in [0.25, 0.3) is 5.91 Å². The summed E-state index contributed by atoms with van der Waals surface area (Å²) in [6.07, 6.45) is 2.34. The van der Waals surface area contributed by atoms with Crippen molar-refractivity contribution in [3.05, 3.63) is 59.2 Å². The van der Waals surface area contributed by atoms with Crippen molar-refractivity contribution in [2.75, 3.05) is 11.9 Å². The number of benzene rings is 1. The lowest BCUT2D eigenvalue weighted by Gasteiger charge is -2.07. The Kier molecular flexibility index (Phi) is 4.64. The lowest BCUT2D eigenvalue weighted by Crippen LogP contribution is -2.14. The average molecular weight is 284 g/mol. The third-order valence-corrected chi connectivity index (χ3v) is 2.81. The van der Waals surface area contributed by atoms with Gasteiger partial charge in [0.15, 0.2) is 5.82 Å². The molecule has 1 amide bonds. The topological polar surface area (TPSA) is 62.2 Å². The molecule has 2 rings (SSSR count). The molecule has 1 aromatic heterocycles. The van der Waals surface area contributed by atoms with Crippen LogP contribution in [-0.4, -0.2) is 22.6 Å². The van der Waals surface area contributed by atoms with Gasteiger partial charge in [-0.25, -0.2) is 4.39 Å². The third-order valence-electron chi connectivity index (χ3n) is 2.81. The van der Waals surface area contributed by atoms with Crippen molar-refractivity contribution in [1.29, 1.82) is 0 Å². The van der Waals surface area contributed by atoms with E-state index in [1.165, 1.54) is 12.3 Å². The first-order chi connectivity index (χ1) is 10.1. The molecule has 0 saturated carbocycles. The van der Waals surface area contributed by atoms with E-state index in [2.05, 4.69) is 22.1 Å². The first kappa shape index (κ1) is 14.7. The standard InChI is InChI=1S/C16H13FN2O2/c1-11-4-5-13(9-12(11)3-2-8-20)19-16(21)14-6-7-18-10-15(14)17/h4-7,9-10,20H,8H2,1H3,(H,19,21). The summed E-state index contributed by atoms with van der Waals surface area (Å²) < 4.78 is 13.5. The summed E-state index contributed by atoms with van der Waals surface area (Å²) in [4.78, 5) is 15.6. The number of pyridine rings is 1. The molecule has 21 heavy (non-hydrogen) atoms. The van der Waals surface area contributed by atoms with E-state index >= 15 is 0 Å². The van der Waals surface area contributed by atoms with Gasteiger partial charge in [-0.15, -0.1) is 0 Å². The minimum Gasteiger partial charge on any atom is -0.384 e. The van der Waals surface area contributed by atoms with Crippen LogP contribution in [0.4, 0.5) is 10.1 Å². The van der Waals surface area contributed by atoms with Gasteiger partial charge >= 0.3 is 0 Å². The number of amides is 1. The Morgan fingerprint density at radius 1 is 1.43 bits per heavy atom. The van der Waals surface area contributed by atoms with Crippen molar-refractivity contribution < 1.29 is 14.3 Å². The Morgan fingerprint density at radius 2 is 2.24 bits per heavy atom. The fourth-order valence-electron chi connectivity index (χ4n) is 1.73. The van der Waals surface area contributed by atoms with Crippen molar-refractivity contribution >= 4 is 11.6 Å². The highest BCUT2D eigenvalue weighted by atomic mass is 19.1. The van der Waals surface area contributed by atoms with Crippen LogP contribution in [0.5, 0.6) is 0 Å². The first-order valence-electron chi connectivity index (χ1n) is 6.23. The summed E-state index contributed by atoms with van der Waals surface area (Å²) in [5.74, 6) is 4.11. The van der Waals surface area contributed by atoms with E-state index in [-0.39, 0.29) is 12.2 Å². The van der Waals surface area contributed by atoms with Gasteiger partial charge in [-0.2, -0.15) is 0 Å². The maximum Gasteiger partial charge on any atom is 0.258 e. The molecule has 0 radical (unpaired) electrons. The van der Waals surface area contributed by atoms with Crippen LogP contribution in [0, 0.1) is 24.6 Å². The number of nitrogens with zero attached hydrogens (tertiary/aromatic N) is 1. The lowest BCUT2D eigenvalue weighted by atomic mass is 10.1. The zero-order valence-corrected chi connectivity index (χ0v) is 11.4. The molecular formula is C16H13FN2O2. The molecule has 0 atom stereocenters. The van der Waals surface area contributed by atoms with E-state index in [1.807, 2.05) is 6.92 Å². The normalized spacial score (nSPS) is 9.67. The second-order valence-electron chi connectivity index (χ2n) is 4.30. The van der Waals surface area contributed by atoms with E-state index in [9.17, 15) is 9.18 Å².